The molecule has 3 aliphatic heterocycles. The van der Waals surface area contributed by atoms with Gasteiger partial charge in [0.05, 0.1) is 40.3 Å². The number of anilines is 3. The molecule has 1 N–H and O–H groups in total. The molecule has 8 rings (SSSR count). The summed E-state index contributed by atoms with van der Waals surface area (Å²) in [5.74, 6) is -0.276. The number of fused-ring (bicyclic) bond motifs is 3. The molecule has 4 aromatic rings. The number of rotatable bonds is 6. The van der Waals surface area contributed by atoms with Crippen LogP contribution in [0.2, 0.25) is 0 Å². The van der Waals surface area contributed by atoms with E-state index in [1.54, 1.807) is 17.2 Å². The zero-order valence-corrected chi connectivity index (χ0v) is 31.0. The third-order valence-electron chi connectivity index (χ3n) is 11.6. The Hall–Kier alpha value is -4.51. The van der Waals surface area contributed by atoms with Gasteiger partial charge in [0.2, 0.25) is 5.91 Å². The summed E-state index contributed by atoms with van der Waals surface area (Å²) in [5, 5.41) is 3.33. The van der Waals surface area contributed by atoms with Crippen LogP contribution in [0.25, 0.3) is 22.2 Å². The molecular formula is C41H50FN7O3. The first-order chi connectivity index (χ1) is 24.9. The summed E-state index contributed by atoms with van der Waals surface area (Å²) in [6.07, 6.45) is 11.1. The molecule has 11 heteroatoms. The molecule has 1 spiro atoms. The third-order valence-corrected chi connectivity index (χ3v) is 11.6. The molecule has 2 aromatic heterocycles. The van der Waals surface area contributed by atoms with Crippen molar-refractivity contribution in [2.75, 3.05) is 36.4 Å². The lowest BCUT2D eigenvalue weighted by atomic mass is 9.73. The van der Waals surface area contributed by atoms with Crippen molar-refractivity contribution in [1.82, 2.24) is 24.3 Å². The van der Waals surface area contributed by atoms with Crippen molar-refractivity contribution in [2.24, 2.45) is 0 Å². The third kappa shape index (κ3) is 6.10. The van der Waals surface area contributed by atoms with Gasteiger partial charge in [0.1, 0.15) is 5.60 Å². The zero-order valence-electron chi connectivity index (χ0n) is 31.0. The van der Waals surface area contributed by atoms with Crippen LogP contribution in [0.15, 0.2) is 55.1 Å². The lowest BCUT2D eigenvalue weighted by Crippen LogP contribution is -2.58. The van der Waals surface area contributed by atoms with E-state index in [0.29, 0.717) is 37.7 Å². The Bertz CT molecular complexity index is 2000. The average Bonchev–Trinajstić information content (AvgIpc) is 3.63. The zero-order chi connectivity index (χ0) is 36.4. The summed E-state index contributed by atoms with van der Waals surface area (Å²) < 4.78 is 22.7. The van der Waals surface area contributed by atoms with Gasteiger partial charge >= 0.3 is 6.09 Å². The molecule has 1 saturated carbocycles. The quantitative estimate of drug-likeness (QED) is 0.216. The number of halogens is 1. The molecule has 1 aliphatic carbocycles. The maximum atomic E-state index is 14.9. The Morgan fingerprint density at radius 2 is 1.71 bits per heavy atom. The van der Waals surface area contributed by atoms with Crippen LogP contribution in [-0.2, 0) is 14.9 Å². The Balaban J connectivity index is 1.16. The van der Waals surface area contributed by atoms with Crippen LogP contribution in [0.4, 0.5) is 26.2 Å². The van der Waals surface area contributed by atoms with Crippen molar-refractivity contribution >= 4 is 40.1 Å². The van der Waals surface area contributed by atoms with E-state index in [4.69, 9.17) is 9.72 Å². The number of ether oxygens (including phenoxy) is 1. The van der Waals surface area contributed by atoms with E-state index < -0.39 is 16.8 Å². The van der Waals surface area contributed by atoms with E-state index in [0.717, 1.165) is 65.0 Å². The van der Waals surface area contributed by atoms with Gasteiger partial charge in [-0.15, -0.1) is 0 Å². The fraction of sp³-hybridized carbons (Fsp3) is 0.512. The van der Waals surface area contributed by atoms with E-state index in [1.807, 2.05) is 27.1 Å². The van der Waals surface area contributed by atoms with Gasteiger partial charge in [-0.3, -0.25) is 9.78 Å². The fourth-order valence-corrected chi connectivity index (χ4v) is 8.81. The lowest BCUT2D eigenvalue weighted by Gasteiger charge is -2.48. The fourth-order valence-electron chi connectivity index (χ4n) is 8.81. The molecule has 2 aromatic carbocycles. The predicted molar refractivity (Wildman–Crippen MR) is 201 cm³/mol. The van der Waals surface area contributed by atoms with Crippen LogP contribution < -0.4 is 10.2 Å². The number of piperidine rings is 2. The van der Waals surface area contributed by atoms with Crippen LogP contribution in [0.3, 0.4) is 0 Å². The van der Waals surface area contributed by atoms with Crippen molar-refractivity contribution < 1.29 is 18.7 Å². The largest absolute Gasteiger partial charge is 0.444 e. The SMILES string of the molecule is CC(C)n1cnc2cc(-c3ccc4c(c3)N(C3CC(N5CCCCC5)C3)C(=O)C43CCN(C(=O)OC(C)(C)C)CC3)cc(Nc3ccncc3F)c21. The van der Waals surface area contributed by atoms with Crippen LogP contribution in [0, 0.1) is 5.82 Å². The summed E-state index contributed by atoms with van der Waals surface area (Å²) in [4.78, 5) is 43.1. The first-order valence-electron chi connectivity index (χ1n) is 19.0. The van der Waals surface area contributed by atoms with Crippen molar-refractivity contribution in [3.05, 3.63) is 66.5 Å². The number of hydrogen-bond donors (Lipinski definition) is 1. The number of carbonyl (C=O) groups is 2. The van der Waals surface area contributed by atoms with Gasteiger partial charge < -0.3 is 29.3 Å². The van der Waals surface area contributed by atoms with E-state index in [2.05, 4.69) is 68.8 Å². The Morgan fingerprint density at radius 1 is 0.962 bits per heavy atom. The Labute approximate surface area is 305 Å². The Kier molecular flexibility index (Phi) is 8.75. The van der Waals surface area contributed by atoms with Gasteiger partial charge in [-0.25, -0.2) is 14.2 Å². The molecular weight excluding hydrogens is 657 g/mol. The summed E-state index contributed by atoms with van der Waals surface area (Å²) in [6, 6.07) is 13.0. The number of aromatic nitrogens is 3. The second kappa shape index (κ2) is 13.2. The molecule has 2 amide bonds. The highest BCUT2D eigenvalue weighted by Crippen LogP contribution is 2.52. The van der Waals surface area contributed by atoms with Gasteiger partial charge in [-0.1, -0.05) is 18.6 Å². The number of imidazole rings is 1. The minimum atomic E-state index is -0.686. The highest BCUT2D eigenvalue weighted by Gasteiger charge is 2.56. The van der Waals surface area contributed by atoms with E-state index in [1.165, 1.54) is 25.5 Å². The molecule has 4 aliphatic rings. The number of nitrogens with one attached hydrogen (secondary N) is 1. The van der Waals surface area contributed by atoms with E-state index in [-0.39, 0.29) is 24.1 Å². The monoisotopic (exact) mass is 707 g/mol. The molecule has 2 saturated heterocycles. The number of carbonyl (C=O) groups excluding carboxylic acids is 2. The first-order valence-corrected chi connectivity index (χ1v) is 19.0. The Morgan fingerprint density at radius 3 is 2.40 bits per heavy atom. The standard InChI is InChI=1S/C41H50FN7O3/c1-26(2)48-25-44-34-19-28(20-35(37(34)48)45-33-11-14-43-24-32(33)42)27-9-10-31-36(21-27)49(30-22-29(23-30)46-15-7-6-8-16-46)38(50)41(31)12-17-47(18-13-41)39(51)52-40(3,4)5/h9-11,14,19-21,24-26,29-30H,6-8,12-13,15-18,22-23H2,1-5H3,(H,43,45). The minimum Gasteiger partial charge on any atom is -0.444 e. The summed E-state index contributed by atoms with van der Waals surface area (Å²) >= 11 is 0. The van der Waals surface area contributed by atoms with Crippen LogP contribution in [0.1, 0.15) is 91.2 Å². The molecule has 5 heterocycles. The minimum absolute atomic E-state index is 0.132. The van der Waals surface area contributed by atoms with Gasteiger partial charge in [0, 0.05) is 43.1 Å². The number of benzene rings is 2. The smallest absolute Gasteiger partial charge is 0.410 e. The number of nitrogens with zero attached hydrogens (tertiary/aromatic N) is 6. The molecule has 3 fully saturated rings. The molecule has 0 radical (unpaired) electrons. The van der Waals surface area contributed by atoms with Gasteiger partial charge in [0.25, 0.3) is 0 Å². The maximum Gasteiger partial charge on any atom is 0.410 e. The predicted octanol–water partition coefficient (Wildman–Crippen LogP) is 8.19. The summed E-state index contributed by atoms with van der Waals surface area (Å²) in [5.41, 5.74) is 5.41. The highest BCUT2D eigenvalue weighted by molar-refractivity contribution is 6.09. The average molecular weight is 708 g/mol. The number of hydrogen-bond acceptors (Lipinski definition) is 7. The van der Waals surface area contributed by atoms with Gasteiger partial charge in [-0.2, -0.15) is 0 Å². The summed E-state index contributed by atoms with van der Waals surface area (Å²) in [6.45, 7) is 13.0. The second-order valence-corrected chi connectivity index (χ2v) is 16.4. The molecule has 0 bridgehead atoms. The van der Waals surface area contributed by atoms with Crippen molar-refractivity contribution in [3.63, 3.8) is 0 Å². The van der Waals surface area contributed by atoms with E-state index >= 15 is 0 Å². The van der Waals surface area contributed by atoms with Crippen molar-refractivity contribution in [2.45, 2.75) is 109 Å². The number of pyridine rings is 1. The normalized spacial score (nSPS) is 21.9. The van der Waals surface area contributed by atoms with Gasteiger partial charge in [0.15, 0.2) is 5.82 Å². The second-order valence-electron chi connectivity index (χ2n) is 16.4. The maximum absolute atomic E-state index is 14.9. The van der Waals surface area contributed by atoms with Crippen molar-refractivity contribution in [3.8, 4) is 11.1 Å². The molecule has 0 unspecified atom stereocenters. The van der Waals surface area contributed by atoms with Gasteiger partial charge in [-0.05, 0) is 127 Å². The lowest BCUT2D eigenvalue weighted by molar-refractivity contribution is -0.126. The van der Waals surface area contributed by atoms with Crippen molar-refractivity contribution in [1.29, 1.82) is 0 Å². The molecule has 10 nitrogen and oxygen atoms in total. The summed E-state index contributed by atoms with van der Waals surface area (Å²) in [7, 11) is 0. The van der Waals surface area contributed by atoms with Crippen LogP contribution in [0.5, 0.6) is 0 Å². The van der Waals surface area contributed by atoms with E-state index in [9.17, 15) is 14.0 Å². The highest BCUT2D eigenvalue weighted by atomic mass is 19.1. The topological polar surface area (TPSA) is 95.8 Å². The first kappa shape index (κ1) is 34.6. The molecule has 52 heavy (non-hydrogen) atoms. The number of amides is 2. The molecule has 0 atom stereocenters. The van der Waals surface area contributed by atoms with Crippen LogP contribution in [-0.4, -0.2) is 80.2 Å². The number of likely N-dealkylation sites (tertiary alicyclic amines) is 2. The van der Waals surface area contributed by atoms with Crippen LogP contribution >= 0.6 is 0 Å². The molecule has 274 valence electrons.